The summed E-state index contributed by atoms with van der Waals surface area (Å²) in [5.41, 5.74) is 1.70. The van der Waals surface area contributed by atoms with Gasteiger partial charge in [-0.05, 0) is 24.3 Å². The van der Waals surface area contributed by atoms with Crippen LogP contribution in [0.5, 0.6) is 0 Å². The van der Waals surface area contributed by atoms with Gasteiger partial charge in [0, 0.05) is 17.3 Å². The first-order chi connectivity index (χ1) is 11.6. The van der Waals surface area contributed by atoms with Crippen LogP contribution in [0.15, 0.2) is 42.6 Å². The molecule has 4 rings (SSSR count). The van der Waals surface area contributed by atoms with Crippen LogP contribution in [0, 0.1) is 0 Å². The maximum Gasteiger partial charge on any atom is 0.261 e. The second kappa shape index (κ2) is 5.43. The number of β-amino-alcohol motifs (C(OH)–C–C–N with tert-alkyl or cyclic N) is 1. The van der Waals surface area contributed by atoms with Crippen LogP contribution < -0.4 is 0 Å². The molecule has 2 aromatic heterocycles. The number of benzene rings is 1. The van der Waals surface area contributed by atoms with Crippen LogP contribution in [0.4, 0.5) is 0 Å². The van der Waals surface area contributed by atoms with E-state index in [1.807, 2.05) is 0 Å². The summed E-state index contributed by atoms with van der Waals surface area (Å²) < 4.78 is 0. The molecule has 24 heavy (non-hydrogen) atoms. The first-order valence-corrected chi connectivity index (χ1v) is 7.70. The van der Waals surface area contributed by atoms with Gasteiger partial charge in [0.1, 0.15) is 11.8 Å². The number of hydrogen-bond donors (Lipinski definition) is 2. The minimum absolute atomic E-state index is 0.142. The molecule has 1 aliphatic rings. The highest BCUT2D eigenvalue weighted by Crippen LogP contribution is 2.28. The first kappa shape index (κ1) is 14.9. The number of carbonyl (C=O) groups excluding carboxylic acids is 2. The van der Waals surface area contributed by atoms with Crippen molar-refractivity contribution in [2.24, 2.45) is 0 Å². The van der Waals surface area contributed by atoms with E-state index in [0.717, 1.165) is 4.90 Å². The average molecular weight is 342 g/mol. The largest absolute Gasteiger partial charge is 0.385 e. The maximum absolute atomic E-state index is 12.4. The highest BCUT2D eigenvalue weighted by atomic mass is 35.5. The third-order valence-corrected chi connectivity index (χ3v) is 4.42. The van der Waals surface area contributed by atoms with Gasteiger partial charge >= 0.3 is 0 Å². The van der Waals surface area contributed by atoms with Crippen LogP contribution in [0.25, 0.3) is 11.0 Å². The standard InChI is InChI=1S/C17H12ClN3O3/c18-12-5-6-19-15-11(12)7-13(20-15)14(22)8-21-16(23)9-3-1-2-4-10(9)17(21)24/h1-7,14,22H,8H2,(H,19,20)/t14-/m0/s1. The number of nitrogens with zero attached hydrogens (tertiary/aromatic N) is 2. The molecule has 2 N–H and O–H groups in total. The molecule has 120 valence electrons. The van der Waals surface area contributed by atoms with Gasteiger partial charge in [-0.1, -0.05) is 23.7 Å². The number of amides is 2. The van der Waals surface area contributed by atoms with Crippen molar-refractivity contribution in [3.8, 4) is 0 Å². The fourth-order valence-electron chi connectivity index (χ4n) is 2.87. The molecular weight excluding hydrogens is 330 g/mol. The molecule has 3 heterocycles. The van der Waals surface area contributed by atoms with Gasteiger partial charge < -0.3 is 10.1 Å². The topological polar surface area (TPSA) is 86.3 Å². The number of imide groups is 1. The summed E-state index contributed by atoms with van der Waals surface area (Å²) in [6, 6.07) is 9.94. The van der Waals surface area contributed by atoms with E-state index in [2.05, 4.69) is 9.97 Å². The van der Waals surface area contributed by atoms with E-state index in [9.17, 15) is 14.7 Å². The Morgan fingerprint density at radius 3 is 2.46 bits per heavy atom. The summed E-state index contributed by atoms with van der Waals surface area (Å²) in [5.74, 6) is -0.802. The summed E-state index contributed by atoms with van der Waals surface area (Å²) in [6.07, 6.45) is 0.499. The Hall–Kier alpha value is -2.70. The lowest BCUT2D eigenvalue weighted by Crippen LogP contribution is -2.33. The maximum atomic E-state index is 12.4. The molecule has 0 aliphatic carbocycles. The van der Waals surface area contributed by atoms with Crippen molar-refractivity contribution < 1.29 is 14.7 Å². The Morgan fingerprint density at radius 2 is 1.83 bits per heavy atom. The number of carbonyl (C=O) groups is 2. The molecule has 6 nitrogen and oxygen atoms in total. The van der Waals surface area contributed by atoms with E-state index in [0.29, 0.717) is 32.9 Å². The summed E-state index contributed by atoms with van der Waals surface area (Å²) in [7, 11) is 0. The Balaban J connectivity index is 1.62. The van der Waals surface area contributed by atoms with E-state index in [-0.39, 0.29) is 6.54 Å². The van der Waals surface area contributed by atoms with Crippen molar-refractivity contribution in [3.05, 3.63) is 64.4 Å². The Labute approximate surface area is 141 Å². The molecule has 0 saturated carbocycles. The van der Waals surface area contributed by atoms with E-state index in [1.165, 1.54) is 0 Å². The predicted octanol–water partition coefficient (Wildman–Crippen LogP) is 2.55. The van der Waals surface area contributed by atoms with Crippen molar-refractivity contribution >= 4 is 34.4 Å². The van der Waals surface area contributed by atoms with Gasteiger partial charge in [0.05, 0.1) is 22.7 Å². The number of fused-ring (bicyclic) bond motifs is 2. The fourth-order valence-corrected chi connectivity index (χ4v) is 3.07. The zero-order valence-electron chi connectivity index (χ0n) is 12.4. The van der Waals surface area contributed by atoms with Gasteiger partial charge in [0.2, 0.25) is 0 Å². The number of aliphatic hydroxyl groups is 1. The van der Waals surface area contributed by atoms with Crippen molar-refractivity contribution in [2.45, 2.75) is 6.10 Å². The second-order valence-corrected chi connectivity index (χ2v) is 5.97. The quantitative estimate of drug-likeness (QED) is 0.717. The molecule has 0 fully saturated rings. The lowest BCUT2D eigenvalue weighted by molar-refractivity contribution is 0.0539. The van der Waals surface area contributed by atoms with Crippen LogP contribution in [-0.2, 0) is 0 Å². The molecule has 1 aromatic carbocycles. The van der Waals surface area contributed by atoms with E-state index in [4.69, 9.17) is 11.6 Å². The zero-order valence-corrected chi connectivity index (χ0v) is 13.1. The second-order valence-electron chi connectivity index (χ2n) is 5.56. The summed E-state index contributed by atoms with van der Waals surface area (Å²) in [4.78, 5) is 32.9. The van der Waals surface area contributed by atoms with Crippen molar-refractivity contribution in [1.29, 1.82) is 0 Å². The Bertz CT molecular complexity index is 947. The number of aromatic amines is 1. The van der Waals surface area contributed by atoms with Crippen LogP contribution >= 0.6 is 11.6 Å². The van der Waals surface area contributed by atoms with E-state index >= 15 is 0 Å². The molecule has 0 spiro atoms. The van der Waals surface area contributed by atoms with E-state index < -0.39 is 17.9 Å². The molecule has 7 heteroatoms. The number of nitrogens with one attached hydrogen (secondary N) is 1. The zero-order chi connectivity index (χ0) is 16.8. The number of halogens is 1. The molecule has 0 radical (unpaired) electrons. The van der Waals surface area contributed by atoms with Crippen LogP contribution in [-0.4, -0.2) is 38.3 Å². The number of aliphatic hydroxyl groups excluding tert-OH is 1. The molecule has 0 saturated heterocycles. The van der Waals surface area contributed by atoms with Gasteiger partial charge in [-0.25, -0.2) is 4.98 Å². The summed E-state index contributed by atoms with van der Waals surface area (Å²) in [6.45, 7) is -0.142. The van der Waals surface area contributed by atoms with Crippen LogP contribution in [0.2, 0.25) is 5.02 Å². The number of hydrogen-bond acceptors (Lipinski definition) is 4. The van der Waals surface area contributed by atoms with Gasteiger partial charge in [-0.15, -0.1) is 0 Å². The number of pyridine rings is 1. The highest BCUT2D eigenvalue weighted by molar-refractivity contribution is 6.35. The van der Waals surface area contributed by atoms with E-state index in [1.54, 1.807) is 42.6 Å². The molecule has 0 bridgehead atoms. The van der Waals surface area contributed by atoms with Crippen molar-refractivity contribution in [1.82, 2.24) is 14.9 Å². The van der Waals surface area contributed by atoms with Crippen LogP contribution in [0.3, 0.4) is 0 Å². The van der Waals surface area contributed by atoms with Crippen LogP contribution in [0.1, 0.15) is 32.5 Å². The minimum Gasteiger partial charge on any atom is -0.385 e. The fraction of sp³-hybridized carbons (Fsp3) is 0.118. The van der Waals surface area contributed by atoms with Gasteiger partial charge in [-0.2, -0.15) is 0 Å². The molecule has 2 amide bonds. The van der Waals surface area contributed by atoms with Gasteiger partial charge in [0.15, 0.2) is 0 Å². The molecule has 1 aliphatic heterocycles. The van der Waals surface area contributed by atoms with Crippen molar-refractivity contribution in [3.63, 3.8) is 0 Å². The molecular formula is C17H12ClN3O3. The van der Waals surface area contributed by atoms with Crippen molar-refractivity contribution in [2.75, 3.05) is 6.54 Å². The molecule has 3 aromatic rings. The number of H-pyrrole nitrogens is 1. The lowest BCUT2D eigenvalue weighted by atomic mass is 10.1. The van der Waals surface area contributed by atoms with Gasteiger partial charge in [-0.3, -0.25) is 14.5 Å². The average Bonchev–Trinajstić information content (AvgIpc) is 3.12. The number of aromatic nitrogens is 2. The smallest absolute Gasteiger partial charge is 0.261 e. The Kier molecular flexibility index (Phi) is 3.37. The Morgan fingerprint density at radius 1 is 1.17 bits per heavy atom. The highest BCUT2D eigenvalue weighted by Gasteiger charge is 2.36. The predicted molar refractivity (Wildman–Crippen MR) is 87.9 cm³/mol. The summed E-state index contributed by atoms with van der Waals surface area (Å²) >= 11 is 6.09. The molecule has 0 unspecified atom stereocenters. The SMILES string of the molecule is O=C1c2ccccc2C(=O)N1C[C@H](O)c1cc2c(Cl)ccnc2[nH]1. The third kappa shape index (κ3) is 2.19. The summed E-state index contributed by atoms with van der Waals surface area (Å²) in [5, 5.41) is 11.6. The third-order valence-electron chi connectivity index (χ3n) is 4.09. The lowest BCUT2D eigenvalue weighted by Gasteiger charge is -2.17. The van der Waals surface area contributed by atoms with Gasteiger partial charge in [0.25, 0.3) is 11.8 Å². The monoisotopic (exact) mass is 341 g/mol. The number of rotatable bonds is 3. The first-order valence-electron chi connectivity index (χ1n) is 7.32. The minimum atomic E-state index is -1.06. The normalized spacial score (nSPS) is 15.2. The molecule has 1 atom stereocenters.